The molecule has 16 heavy (non-hydrogen) atoms. The fourth-order valence-electron chi connectivity index (χ4n) is 1.24. The Labute approximate surface area is 90.4 Å². The first-order valence-corrected chi connectivity index (χ1v) is 4.55. The van der Waals surface area contributed by atoms with E-state index in [0.29, 0.717) is 5.69 Å². The highest BCUT2D eigenvalue weighted by atomic mass is 19.1. The normalized spacial score (nSPS) is 15.6. The van der Waals surface area contributed by atoms with E-state index in [1.807, 2.05) is 0 Å². The van der Waals surface area contributed by atoms with Gasteiger partial charge in [-0.2, -0.15) is 0 Å². The number of carboxylic acid groups (broad SMARTS) is 1. The van der Waals surface area contributed by atoms with Gasteiger partial charge in [-0.25, -0.2) is 4.39 Å². The summed E-state index contributed by atoms with van der Waals surface area (Å²) in [6, 6.07) is 5.10. The number of halogens is 1. The van der Waals surface area contributed by atoms with Crippen molar-refractivity contribution in [3.8, 4) is 0 Å². The number of anilines is 1. The van der Waals surface area contributed by atoms with Crippen LogP contribution in [-0.2, 0) is 9.59 Å². The summed E-state index contributed by atoms with van der Waals surface area (Å²) in [5, 5.41) is 11.2. The zero-order chi connectivity index (χ0) is 11.8. The average Bonchev–Trinajstić information content (AvgIpc) is 3.02. The zero-order valence-electron chi connectivity index (χ0n) is 8.11. The number of carbonyl (C=O) groups is 2. The molecule has 5 heteroatoms. The third kappa shape index (κ3) is 1.67. The maximum absolute atomic E-state index is 12.6. The summed E-state index contributed by atoms with van der Waals surface area (Å²) in [6.45, 7) is 0. The summed E-state index contributed by atoms with van der Waals surface area (Å²) >= 11 is 0. The predicted octanol–water partition coefficient (Wildman–Crippen LogP) is 1.40. The van der Waals surface area contributed by atoms with Gasteiger partial charge in [0.1, 0.15) is 5.82 Å². The van der Waals surface area contributed by atoms with Gasteiger partial charge in [-0.1, -0.05) is 12.2 Å². The van der Waals surface area contributed by atoms with Crippen molar-refractivity contribution in [2.45, 2.75) is 0 Å². The average molecular weight is 221 g/mol. The molecule has 1 amide bonds. The van der Waals surface area contributed by atoms with Crippen LogP contribution in [0.4, 0.5) is 10.1 Å². The highest BCUT2D eigenvalue weighted by molar-refractivity contribution is 6.15. The highest BCUT2D eigenvalue weighted by Gasteiger charge is 2.50. The number of benzene rings is 1. The van der Waals surface area contributed by atoms with Gasteiger partial charge in [0.15, 0.2) is 5.41 Å². The number of carbonyl (C=O) groups excluding carboxylic acids is 1. The minimum Gasteiger partial charge on any atom is -0.480 e. The van der Waals surface area contributed by atoms with Gasteiger partial charge in [-0.15, -0.1) is 0 Å². The molecular weight excluding hydrogens is 213 g/mol. The summed E-state index contributed by atoms with van der Waals surface area (Å²) in [6.07, 6.45) is 2.60. The summed E-state index contributed by atoms with van der Waals surface area (Å²) in [5.41, 5.74) is -1.16. The number of rotatable bonds is 3. The van der Waals surface area contributed by atoms with Crippen molar-refractivity contribution in [1.29, 1.82) is 0 Å². The number of carboxylic acids is 1. The van der Waals surface area contributed by atoms with Gasteiger partial charge in [0, 0.05) is 5.69 Å². The van der Waals surface area contributed by atoms with E-state index in [4.69, 9.17) is 5.11 Å². The van der Waals surface area contributed by atoms with E-state index in [-0.39, 0.29) is 0 Å². The first kappa shape index (κ1) is 10.4. The van der Waals surface area contributed by atoms with Gasteiger partial charge in [-0.05, 0) is 24.3 Å². The largest absolute Gasteiger partial charge is 0.480 e. The van der Waals surface area contributed by atoms with Crippen LogP contribution in [0.2, 0.25) is 0 Å². The molecule has 0 saturated carbocycles. The van der Waals surface area contributed by atoms with Crippen molar-refractivity contribution in [3.05, 3.63) is 42.2 Å². The highest BCUT2D eigenvalue weighted by Crippen LogP contribution is 2.36. The molecule has 0 aliphatic heterocycles. The Hall–Kier alpha value is -2.17. The zero-order valence-corrected chi connectivity index (χ0v) is 8.11. The second-order valence-electron chi connectivity index (χ2n) is 3.47. The van der Waals surface area contributed by atoms with Crippen molar-refractivity contribution < 1.29 is 19.1 Å². The molecule has 2 N–H and O–H groups in total. The van der Waals surface area contributed by atoms with Crippen molar-refractivity contribution in [1.82, 2.24) is 0 Å². The van der Waals surface area contributed by atoms with Gasteiger partial charge in [0.05, 0.1) is 0 Å². The SMILES string of the molecule is O=C(O)C1(C(=O)Nc2ccc(F)cc2)C=C1. The van der Waals surface area contributed by atoms with Crippen molar-refractivity contribution in [2.75, 3.05) is 5.32 Å². The molecule has 1 aromatic rings. The van der Waals surface area contributed by atoms with Gasteiger partial charge in [-0.3, -0.25) is 9.59 Å². The quantitative estimate of drug-likeness (QED) is 0.599. The van der Waals surface area contributed by atoms with Gasteiger partial charge in [0.2, 0.25) is 5.91 Å². The molecule has 2 rings (SSSR count). The molecule has 1 aliphatic carbocycles. The van der Waals surface area contributed by atoms with E-state index < -0.39 is 23.1 Å². The molecular formula is C11H8FNO3. The Balaban J connectivity index is 2.09. The Kier molecular flexibility index (Phi) is 2.23. The maximum Gasteiger partial charge on any atom is 0.327 e. The minimum atomic E-state index is -1.52. The van der Waals surface area contributed by atoms with E-state index in [0.717, 1.165) is 0 Å². The molecule has 0 aromatic heterocycles. The molecule has 0 heterocycles. The molecule has 82 valence electrons. The van der Waals surface area contributed by atoms with Crippen LogP contribution in [0, 0.1) is 11.2 Å². The van der Waals surface area contributed by atoms with E-state index >= 15 is 0 Å². The Morgan fingerprint density at radius 3 is 2.19 bits per heavy atom. The van der Waals surface area contributed by atoms with Crippen LogP contribution in [0.25, 0.3) is 0 Å². The fraction of sp³-hybridized carbons (Fsp3) is 0.0909. The lowest BCUT2D eigenvalue weighted by molar-refractivity contribution is -0.145. The summed E-state index contributed by atoms with van der Waals surface area (Å²) in [4.78, 5) is 22.4. The number of hydrogen-bond donors (Lipinski definition) is 2. The smallest absolute Gasteiger partial charge is 0.327 e. The molecule has 0 unspecified atom stereocenters. The molecule has 1 aromatic carbocycles. The van der Waals surface area contributed by atoms with E-state index in [9.17, 15) is 14.0 Å². The Morgan fingerprint density at radius 1 is 1.19 bits per heavy atom. The number of nitrogens with one attached hydrogen (secondary N) is 1. The lowest BCUT2D eigenvalue weighted by Crippen LogP contribution is -2.32. The summed E-state index contributed by atoms with van der Waals surface area (Å²) in [7, 11) is 0. The van der Waals surface area contributed by atoms with Crippen molar-refractivity contribution in [3.63, 3.8) is 0 Å². The van der Waals surface area contributed by atoms with E-state index in [1.54, 1.807) is 0 Å². The predicted molar refractivity (Wildman–Crippen MR) is 54.2 cm³/mol. The second-order valence-corrected chi connectivity index (χ2v) is 3.47. The van der Waals surface area contributed by atoms with Crippen molar-refractivity contribution in [2.24, 2.45) is 5.41 Å². The number of aliphatic carboxylic acids is 1. The van der Waals surface area contributed by atoms with Crippen LogP contribution in [0.3, 0.4) is 0 Å². The second kappa shape index (κ2) is 3.44. The summed E-state index contributed by atoms with van der Waals surface area (Å²) < 4.78 is 12.6. The van der Waals surface area contributed by atoms with Crippen LogP contribution < -0.4 is 5.32 Å². The molecule has 0 saturated heterocycles. The Bertz CT molecular complexity index is 473. The van der Waals surface area contributed by atoms with Crippen molar-refractivity contribution >= 4 is 17.6 Å². The first-order chi connectivity index (χ1) is 7.54. The number of hydrogen-bond acceptors (Lipinski definition) is 2. The van der Waals surface area contributed by atoms with Crippen LogP contribution in [0.1, 0.15) is 0 Å². The monoisotopic (exact) mass is 221 g/mol. The van der Waals surface area contributed by atoms with E-state index in [2.05, 4.69) is 5.32 Å². The third-order valence-electron chi connectivity index (χ3n) is 2.33. The van der Waals surface area contributed by atoms with Crippen LogP contribution in [0.5, 0.6) is 0 Å². The van der Waals surface area contributed by atoms with Crippen LogP contribution in [0.15, 0.2) is 36.4 Å². The molecule has 4 nitrogen and oxygen atoms in total. The molecule has 0 bridgehead atoms. The first-order valence-electron chi connectivity index (χ1n) is 4.55. The molecule has 0 radical (unpaired) electrons. The van der Waals surface area contributed by atoms with Gasteiger partial charge in [0.25, 0.3) is 0 Å². The van der Waals surface area contributed by atoms with Gasteiger partial charge < -0.3 is 10.4 Å². The molecule has 0 atom stereocenters. The Morgan fingerprint density at radius 2 is 1.75 bits per heavy atom. The lowest BCUT2D eigenvalue weighted by Gasteiger charge is -2.10. The van der Waals surface area contributed by atoms with Crippen LogP contribution >= 0.6 is 0 Å². The lowest BCUT2D eigenvalue weighted by atomic mass is 10.0. The van der Waals surface area contributed by atoms with E-state index in [1.165, 1.54) is 36.4 Å². The topological polar surface area (TPSA) is 66.4 Å². The maximum atomic E-state index is 12.6. The summed E-state index contributed by atoms with van der Waals surface area (Å²) in [5.74, 6) is -2.28. The fourth-order valence-corrected chi connectivity index (χ4v) is 1.24. The van der Waals surface area contributed by atoms with Gasteiger partial charge >= 0.3 is 5.97 Å². The molecule has 1 aliphatic rings. The minimum absolute atomic E-state index is 0.362. The molecule has 0 spiro atoms. The van der Waals surface area contributed by atoms with Crippen LogP contribution in [-0.4, -0.2) is 17.0 Å². The third-order valence-corrected chi connectivity index (χ3v) is 2.33. The standard InChI is InChI=1S/C11H8FNO3/c12-7-1-3-8(4-2-7)13-9(14)11(5-6-11)10(15)16/h1-6H,(H,13,14)(H,15,16). The molecule has 0 fully saturated rings. The number of amides is 1.